The molecule has 0 bridgehead atoms. The van der Waals surface area contributed by atoms with Crippen LogP contribution in [0.2, 0.25) is 0 Å². The second-order valence-corrected chi connectivity index (χ2v) is 6.53. The Kier molecular flexibility index (Phi) is 6.50. The number of hydrogen-bond donors (Lipinski definition) is 2. The zero-order valence-corrected chi connectivity index (χ0v) is 12.2. The second kappa shape index (κ2) is 8.16. The lowest BCUT2D eigenvalue weighted by atomic mass is 9.87. The molecule has 1 heterocycles. The van der Waals surface area contributed by atoms with Gasteiger partial charge in [0.05, 0.1) is 0 Å². The van der Waals surface area contributed by atoms with E-state index in [4.69, 9.17) is 0 Å². The van der Waals surface area contributed by atoms with Crippen molar-refractivity contribution < 1.29 is 0 Å². The minimum absolute atomic E-state index is 0.684. The van der Waals surface area contributed by atoms with Gasteiger partial charge in [-0.3, -0.25) is 0 Å². The first kappa shape index (κ1) is 14.3. The Morgan fingerprint density at radius 1 is 1.06 bits per heavy atom. The van der Waals surface area contributed by atoms with E-state index in [-0.39, 0.29) is 0 Å². The van der Waals surface area contributed by atoms with Crippen LogP contribution in [0.1, 0.15) is 71.1 Å². The molecule has 2 unspecified atom stereocenters. The Hall–Kier alpha value is -0.0800. The van der Waals surface area contributed by atoms with Crippen molar-refractivity contribution in [1.29, 1.82) is 0 Å². The van der Waals surface area contributed by atoms with E-state index in [1.807, 2.05) is 0 Å². The molecule has 2 rings (SSSR count). The molecule has 1 aliphatic heterocycles. The molecule has 2 heteroatoms. The van der Waals surface area contributed by atoms with E-state index in [1.165, 1.54) is 77.3 Å². The first-order valence-corrected chi connectivity index (χ1v) is 8.31. The smallest absolute Gasteiger partial charge is 0.00817 e. The predicted octanol–water partition coefficient (Wildman–Crippen LogP) is 3.47. The van der Waals surface area contributed by atoms with Gasteiger partial charge in [-0.25, -0.2) is 0 Å². The van der Waals surface area contributed by atoms with Crippen LogP contribution in [0.15, 0.2) is 0 Å². The summed E-state index contributed by atoms with van der Waals surface area (Å²) < 4.78 is 0. The molecule has 2 nitrogen and oxygen atoms in total. The molecule has 18 heavy (non-hydrogen) atoms. The Labute approximate surface area is 113 Å². The SMILES string of the molecule is CC(CC1CCCCN1)NCCC1CCCCC1. The average Bonchev–Trinajstić information content (AvgIpc) is 2.41. The monoisotopic (exact) mass is 252 g/mol. The maximum atomic E-state index is 3.74. The van der Waals surface area contributed by atoms with Crippen LogP contribution in [0, 0.1) is 5.92 Å². The van der Waals surface area contributed by atoms with Gasteiger partial charge in [-0.05, 0) is 51.6 Å². The van der Waals surface area contributed by atoms with E-state index in [9.17, 15) is 0 Å². The quantitative estimate of drug-likeness (QED) is 0.756. The summed E-state index contributed by atoms with van der Waals surface area (Å²) in [5.74, 6) is 1.02. The lowest BCUT2D eigenvalue weighted by Gasteiger charge is -2.27. The molecule has 2 aliphatic rings. The van der Waals surface area contributed by atoms with Crippen molar-refractivity contribution in [3.8, 4) is 0 Å². The summed E-state index contributed by atoms with van der Waals surface area (Å²) in [5.41, 5.74) is 0. The molecular weight excluding hydrogens is 220 g/mol. The minimum Gasteiger partial charge on any atom is -0.314 e. The number of rotatable bonds is 6. The van der Waals surface area contributed by atoms with Crippen LogP contribution in [0.4, 0.5) is 0 Å². The summed E-state index contributed by atoms with van der Waals surface area (Å²) in [5, 5.41) is 7.39. The minimum atomic E-state index is 0.684. The third kappa shape index (κ3) is 5.27. The van der Waals surface area contributed by atoms with Gasteiger partial charge >= 0.3 is 0 Å². The Bertz CT molecular complexity index is 205. The van der Waals surface area contributed by atoms with Gasteiger partial charge < -0.3 is 10.6 Å². The normalized spacial score (nSPS) is 28.2. The van der Waals surface area contributed by atoms with Gasteiger partial charge in [0, 0.05) is 12.1 Å². The van der Waals surface area contributed by atoms with E-state index >= 15 is 0 Å². The van der Waals surface area contributed by atoms with Crippen LogP contribution >= 0.6 is 0 Å². The number of hydrogen-bond acceptors (Lipinski definition) is 2. The summed E-state index contributed by atoms with van der Waals surface area (Å²) in [4.78, 5) is 0. The van der Waals surface area contributed by atoms with Gasteiger partial charge in [-0.15, -0.1) is 0 Å². The van der Waals surface area contributed by atoms with Crippen molar-refractivity contribution in [2.24, 2.45) is 5.92 Å². The average molecular weight is 252 g/mol. The molecular formula is C16H32N2. The highest BCUT2D eigenvalue weighted by atomic mass is 15.0. The van der Waals surface area contributed by atoms with Crippen LogP contribution in [-0.2, 0) is 0 Å². The van der Waals surface area contributed by atoms with Gasteiger partial charge in [-0.2, -0.15) is 0 Å². The summed E-state index contributed by atoms with van der Waals surface area (Å²) in [6.07, 6.45) is 14.3. The predicted molar refractivity (Wildman–Crippen MR) is 78.9 cm³/mol. The first-order valence-electron chi connectivity index (χ1n) is 8.31. The third-order valence-electron chi connectivity index (χ3n) is 4.82. The number of nitrogens with one attached hydrogen (secondary N) is 2. The summed E-state index contributed by atoms with van der Waals surface area (Å²) in [6.45, 7) is 4.83. The highest BCUT2D eigenvalue weighted by Crippen LogP contribution is 2.25. The van der Waals surface area contributed by atoms with Crippen LogP contribution < -0.4 is 10.6 Å². The van der Waals surface area contributed by atoms with Gasteiger partial charge in [0.1, 0.15) is 0 Å². The van der Waals surface area contributed by atoms with Gasteiger partial charge in [0.2, 0.25) is 0 Å². The summed E-state index contributed by atoms with van der Waals surface area (Å²) >= 11 is 0. The van der Waals surface area contributed by atoms with Crippen LogP contribution in [-0.4, -0.2) is 25.2 Å². The van der Waals surface area contributed by atoms with Crippen molar-refractivity contribution in [3.63, 3.8) is 0 Å². The Morgan fingerprint density at radius 2 is 1.83 bits per heavy atom. The molecule has 1 saturated heterocycles. The van der Waals surface area contributed by atoms with E-state index in [2.05, 4.69) is 17.6 Å². The molecule has 0 aromatic carbocycles. The summed E-state index contributed by atoms with van der Waals surface area (Å²) in [7, 11) is 0. The molecule has 0 radical (unpaired) electrons. The van der Waals surface area contributed by atoms with Crippen molar-refractivity contribution in [2.45, 2.75) is 83.2 Å². The van der Waals surface area contributed by atoms with E-state index in [1.54, 1.807) is 0 Å². The van der Waals surface area contributed by atoms with Gasteiger partial charge in [-0.1, -0.05) is 38.5 Å². The fourth-order valence-electron chi connectivity index (χ4n) is 3.64. The molecule has 106 valence electrons. The van der Waals surface area contributed by atoms with E-state index in [0.717, 1.165) is 12.0 Å². The van der Waals surface area contributed by atoms with Crippen molar-refractivity contribution >= 4 is 0 Å². The van der Waals surface area contributed by atoms with Crippen LogP contribution in [0.3, 0.4) is 0 Å². The molecule has 0 aromatic rings. The van der Waals surface area contributed by atoms with Crippen molar-refractivity contribution in [1.82, 2.24) is 10.6 Å². The zero-order valence-electron chi connectivity index (χ0n) is 12.2. The largest absolute Gasteiger partial charge is 0.314 e. The van der Waals surface area contributed by atoms with Gasteiger partial charge in [0.15, 0.2) is 0 Å². The second-order valence-electron chi connectivity index (χ2n) is 6.53. The number of piperidine rings is 1. The molecule has 2 atom stereocenters. The van der Waals surface area contributed by atoms with Crippen molar-refractivity contribution in [3.05, 3.63) is 0 Å². The van der Waals surface area contributed by atoms with E-state index < -0.39 is 0 Å². The Morgan fingerprint density at radius 3 is 2.56 bits per heavy atom. The highest BCUT2D eigenvalue weighted by molar-refractivity contribution is 4.77. The van der Waals surface area contributed by atoms with Crippen LogP contribution in [0.5, 0.6) is 0 Å². The first-order chi connectivity index (χ1) is 8.84. The van der Waals surface area contributed by atoms with E-state index in [0.29, 0.717) is 6.04 Å². The molecule has 1 aliphatic carbocycles. The topological polar surface area (TPSA) is 24.1 Å². The lowest BCUT2D eigenvalue weighted by molar-refractivity contribution is 0.313. The Balaban J connectivity index is 1.52. The molecule has 0 aromatic heterocycles. The van der Waals surface area contributed by atoms with Gasteiger partial charge in [0.25, 0.3) is 0 Å². The molecule has 1 saturated carbocycles. The third-order valence-corrected chi connectivity index (χ3v) is 4.82. The molecule has 0 spiro atoms. The zero-order chi connectivity index (χ0) is 12.6. The fraction of sp³-hybridized carbons (Fsp3) is 1.00. The maximum absolute atomic E-state index is 3.74. The maximum Gasteiger partial charge on any atom is 0.00817 e. The fourth-order valence-corrected chi connectivity index (χ4v) is 3.64. The molecule has 2 fully saturated rings. The standard InChI is InChI=1S/C16H32N2/c1-14(13-16-9-5-6-11-18-16)17-12-10-15-7-3-2-4-8-15/h14-18H,2-13H2,1H3. The highest BCUT2D eigenvalue weighted by Gasteiger charge is 2.16. The lowest BCUT2D eigenvalue weighted by Crippen LogP contribution is -2.40. The van der Waals surface area contributed by atoms with Crippen LogP contribution in [0.25, 0.3) is 0 Å². The summed E-state index contributed by atoms with van der Waals surface area (Å²) in [6, 6.07) is 1.46. The molecule has 2 N–H and O–H groups in total. The van der Waals surface area contributed by atoms with Crippen molar-refractivity contribution in [2.75, 3.05) is 13.1 Å². The molecule has 0 amide bonds.